The first-order valence-electron chi connectivity index (χ1n) is 10.2. The van der Waals surface area contributed by atoms with E-state index < -0.39 is 17.9 Å². The normalized spacial score (nSPS) is 38.0. The Kier molecular flexibility index (Phi) is 4.46. The Bertz CT molecular complexity index is 737. The zero-order chi connectivity index (χ0) is 19.5. The van der Waals surface area contributed by atoms with Crippen molar-refractivity contribution in [3.05, 3.63) is 29.8 Å². The average Bonchev–Trinajstić information content (AvgIpc) is 3.13. The molecule has 0 saturated carbocycles. The van der Waals surface area contributed by atoms with Gasteiger partial charge in [-0.05, 0) is 52.2 Å². The van der Waals surface area contributed by atoms with Crippen LogP contribution in [0.1, 0.15) is 39.7 Å². The van der Waals surface area contributed by atoms with Crippen LogP contribution in [0, 0.1) is 0 Å². The molecule has 0 bridgehead atoms. The zero-order valence-corrected chi connectivity index (χ0v) is 16.9. The number of hydrogen-bond donors (Lipinski definition) is 0. The Labute approximate surface area is 165 Å². The molecule has 0 radical (unpaired) electrons. The summed E-state index contributed by atoms with van der Waals surface area (Å²) in [6.45, 7) is 8.84. The summed E-state index contributed by atoms with van der Waals surface area (Å²) < 4.78 is 30.6. The van der Waals surface area contributed by atoms with Crippen molar-refractivity contribution in [2.75, 3.05) is 18.2 Å². The molecule has 5 rings (SSSR count). The molecule has 5 unspecified atom stereocenters. The fourth-order valence-corrected chi connectivity index (χ4v) is 4.62. The number of aryl methyl sites for hydroxylation is 1. The molecule has 4 aliphatic rings. The molecule has 4 heterocycles. The second-order valence-corrected chi connectivity index (χ2v) is 8.84. The summed E-state index contributed by atoms with van der Waals surface area (Å²) in [5, 5.41) is 1.97. The number of anilines is 1. The predicted molar refractivity (Wildman–Crippen MR) is 101 cm³/mol. The van der Waals surface area contributed by atoms with Crippen LogP contribution in [-0.2, 0) is 34.9 Å². The van der Waals surface area contributed by atoms with Crippen molar-refractivity contribution in [1.82, 2.24) is 0 Å². The van der Waals surface area contributed by atoms with Crippen LogP contribution in [0.25, 0.3) is 0 Å². The van der Waals surface area contributed by atoms with E-state index in [9.17, 15) is 0 Å². The first-order valence-corrected chi connectivity index (χ1v) is 10.2. The SMILES string of the molecule is CC1(C)OC2OC(CON3CCCc4ccccc43)C3OC(C)(C)OC3C2O1. The highest BCUT2D eigenvalue weighted by molar-refractivity contribution is 5.53. The van der Waals surface area contributed by atoms with E-state index >= 15 is 0 Å². The van der Waals surface area contributed by atoms with Crippen molar-refractivity contribution in [3.8, 4) is 0 Å². The van der Waals surface area contributed by atoms with Crippen LogP contribution in [0.15, 0.2) is 24.3 Å². The molecule has 3 fully saturated rings. The van der Waals surface area contributed by atoms with Gasteiger partial charge in [-0.2, -0.15) is 0 Å². The molecule has 0 aromatic heterocycles. The van der Waals surface area contributed by atoms with Gasteiger partial charge in [0.15, 0.2) is 17.9 Å². The molecule has 154 valence electrons. The van der Waals surface area contributed by atoms with Crippen LogP contribution in [0.2, 0.25) is 0 Å². The molecule has 0 amide bonds. The maximum absolute atomic E-state index is 6.23. The third-order valence-electron chi connectivity index (χ3n) is 5.71. The number of nitrogens with zero attached hydrogens (tertiary/aromatic N) is 1. The highest BCUT2D eigenvalue weighted by Crippen LogP contribution is 2.44. The monoisotopic (exact) mass is 391 g/mol. The van der Waals surface area contributed by atoms with E-state index in [-0.39, 0.29) is 24.4 Å². The van der Waals surface area contributed by atoms with E-state index in [0.29, 0.717) is 6.61 Å². The van der Waals surface area contributed by atoms with Gasteiger partial charge in [0.1, 0.15) is 31.0 Å². The number of fused-ring (bicyclic) bond motifs is 4. The highest BCUT2D eigenvalue weighted by Gasteiger charge is 2.60. The third-order valence-corrected chi connectivity index (χ3v) is 5.71. The molecule has 7 nitrogen and oxygen atoms in total. The lowest BCUT2D eigenvalue weighted by atomic mass is 9.99. The Balaban J connectivity index is 1.33. The second kappa shape index (κ2) is 6.65. The van der Waals surface area contributed by atoms with Crippen LogP contribution < -0.4 is 5.06 Å². The van der Waals surface area contributed by atoms with Gasteiger partial charge < -0.3 is 23.7 Å². The van der Waals surface area contributed by atoms with Gasteiger partial charge in [-0.15, -0.1) is 0 Å². The summed E-state index contributed by atoms with van der Waals surface area (Å²) in [6, 6.07) is 8.37. The Morgan fingerprint density at radius 2 is 1.68 bits per heavy atom. The molecule has 1 aromatic carbocycles. The van der Waals surface area contributed by atoms with Gasteiger partial charge in [0.05, 0.1) is 5.69 Å². The minimum Gasteiger partial charge on any atom is -0.342 e. The van der Waals surface area contributed by atoms with Crippen molar-refractivity contribution >= 4 is 5.69 Å². The molecule has 7 heteroatoms. The topological polar surface area (TPSA) is 58.6 Å². The molecule has 0 spiro atoms. The second-order valence-electron chi connectivity index (χ2n) is 8.84. The first kappa shape index (κ1) is 18.8. The minimum absolute atomic E-state index is 0.252. The van der Waals surface area contributed by atoms with Gasteiger partial charge in [-0.25, -0.2) is 0 Å². The average molecular weight is 391 g/mol. The number of rotatable bonds is 3. The highest BCUT2D eigenvalue weighted by atomic mass is 16.9. The van der Waals surface area contributed by atoms with E-state index in [4.69, 9.17) is 28.5 Å². The maximum Gasteiger partial charge on any atom is 0.190 e. The summed E-state index contributed by atoms with van der Waals surface area (Å²) in [6.07, 6.45) is 0.517. The number of ether oxygens (including phenoxy) is 5. The largest absolute Gasteiger partial charge is 0.342 e. The van der Waals surface area contributed by atoms with Crippen molar-refractivity contribution in [2.45, 2.75) is 82.8 Å². The number of hydroxylamine groups is 1. The molecule has 28 heavy (non-hydrogen) atoms. The van der Waals surface area contributed by atoms with Gasteiger partial charge in [-0.1, -0.05) is 18.2 Å². The van der Waals surface area contributed by atoms with Crippen molar-refractivity contribution in [1.29, 1.82) is 0 Å². The van der Waals surface area contributed by atoms with Crippen LogP contribution >= 0.6 is 0 Å². The predicted octanol–water partition coefficient (Wildman–Crippen LogP) is 2.77. The Hall–Kier alpha value is -1.22. The number of para-hydroxylation sites is 1. The standard InChI is InChI=1S/C21H29NO6/c1-20(2)25-16-15(24-19-18(17(16)26-20)27-21(3,4)28-19)12-23-22-11-7-9-13-8-5-6-10-14(13)22/h5-6,8,10,15-19H,7,9,11-12H2,1-4H3. The Morgan fingerprint density at radius 3 is 2.54 bits per heavy atom. The fraction of sp³-hybridized carbons (Fsp3) is 0.714. The molecule has 1 aromatic rings. The summed E-state index contributed by atoms with van der Waals surface area (Å²) in [4.78, 5) is 6.20. The van der Waals surface area contributed by atoms with Gasteiger partial charge in [0.2, 0.25) is 0 Å². The van der Waals surface area contributed by atoms with Crippen LogP contribution in [0.5, 0.6) is 0 Å². The van der Waals surface area contributed by atoms with Crippen molar-refractivity contribution in [3.63, 3.8) is 0 Å². The lowest BCUT2D eigenvalue weighted by molar-refractivity contribution is -0.243. The smallest absolute Gasteiger partial charge is 0.190 e. The van der Waals surface area contributed by atoms with Crippen molar-refractivity contribution in [2.24, 2.45) is 0 Å². The van der Waals surface area contributed by atoms with Gasteiger partial charge in [-0.3, -0.25) is 9.90 Å². The third kappa shape index (κ3) is 3.34. The molecule has 3 saturated heterocycles. The van der Waals surface area contributed by atoms with Crippen LogP contribution in [0.3, 0.4) is 0 Å². The van der Waals surface area contributed by atoms with E-state index in [2.05, 4.69) is 18.2 Å². The molecule has 4 aliphatic heterocycles. The first-order chi connectivity index (χ1) is 13.3. The molecule has 0 N–H and O–H groups in total. The van der Waals surface area contributed by atoms with Crippen LogP contribution in [-0.4, -0.2) is 55.4 Å². The van der Waals surface area contributed by atoms with E-state index in [1.165, 1.54) is 5.56 Å². The van der Waals surface area contributed by atoms with Gasteiger partial charge in [0, 0.05) is 6.54 Å². The number of hydrogen-bond acceptors (Lipinski definition) is 7. The summed E-state index contributed by atoms with van der Waals surface area (Å²) in [5.74, 6) is -1.41. The van der Waals surface area contributed by atoms with Gasteiger partial charge >= 0.3 is 0 Å². The number of benzene rings is 1. The summed E-state index contributed by atoms with van der Waals surface area (Å²) in [7, 11) is 0. The molecular formula is C21H29NO6. The summed E-state index contributed by atoms with van der Waals surface area (Å²) in [5.41, 5.74) is 2.44. The van der Waals surface area contributed by atoms with Gasteiger partial charge in [0.25, 0.3) is 0 Å². The summed E-state index contributed by atoms with van der Waals surface area (Å²) >= 11 is 0. The quantitative estimate of drug-likeness (QED) is 0.785. The van der Waals surface area contributed by atoms with Crippen molar-refractivity contribution < 1.29 is 28.5 Å². The zero-order valence-electron chi connectivity index (χ0n) is 16.9. The Morgan fingerprint density at radius 1 is 0.964 bits per heavy atom. The van der Waals surface area contributed by atoms with Crippen LogP contribution in [0.4, 0.5) is 5.69 Å². The van der Waals surface area contributed by atoms with E-state index in [0.717, 1.165) is 25.1 Å². The molecule has 0 aliphatic carbocycles. The van der Waals surface area contributed by atoms with E-state index in [1.807, 2.05) is 38.8 Å². The van der Waals surface area contributed by atoms with E-state index in [1.54, 1.807) is 0 Å². The maximum atomic E-state index is 6.23. The minimum atomic E-state index is -0.711. The molecule has 5 atom stereocenters. The fourth-order valence-electron chi connectivity index (χ4n) is 4.62. The lowest BCUT2D eigenvalue weighted by Gasteiger charge is -2.38. The lowest BCUT2D eigenvalue weighted by Crippen LogP contribution is -2.56. The molecular weight excluding hydrogens is 362 g/mol.